The molecule has 4 aromatic heterocycles. The van der Waals surface area contributed by atoms with Crippen LogP contribution >= 0.6 is 11.3 Å². The van der Waals surface area contributed by atoms with Gasteiger partial charge in [0.05, 0.1) is 27.9 Å². The van der Waals surface area contributed by atoms with Gasteiger partial charge in [0.25, 0.3) is 0 Å². The van der Waals surface area contributed by atoms with E-state index < -0.39 is 0 Å². The number of hydrogen-bond donors (Lipinski definition) is 0. The fourth-order valence-electron chi connectivity index (χ4n) is 10.5. The van der Waals surface area contributed by atoms with Crippen LogP contribution in [0.15, 0.2) is 237 Å². The summed E-state index contributed by atoms with van der Waals surface area (Å²) >= 11 is 1.89. The van der Waals surface area contributed by atoms with Crippen molar-refractivity contribution in [1.29, 1.82) is 0 Å². The molecule has 0 N–H and O–H groups in total. The normalized spacial score (nSPS) is 11.8. The molecule has 10 aromatic carbocycles. The first-order valence-electron chi connectivity index (χ1n) is 23.1. The van der Waals surface area contributed by atoms with Crippen LogP contribution < -0.4 is 0 Å². The van der Waals surface area contributed by atoms with E-state index in [1.165, 1.54) is 91.6 Å². The number of hydrogen-bond acceptors (Lipinski definition) is 3. The van der Waals surface area contributed by atoms with Gasteiger partial charge in [-0.25, -0.2) is 9.97 Å². The minimum atomic E-state index is 0.711. The number of benzene rings is 10. The Labute approximate surface area is 396 Å². The summed E-state index contributed by atoms with van der Waals surface area (Å²) in [6, 6.07) is 85.7. The molecular formula is C64H39N3S. The molecule has 0 aliphatic rings. The van der Waals surface area contributed by atoms with E-state index in [-0.39, 0.29) is 0 Å². The molecule has 0 saturated carbocycles. The van der Waals surface area contributed by atoms with Crippen LogP contribution in [0.1, 0.15) is 0 Å². The van der Waals surface area contributed by atoms with Gasteiger partial charge in [0.1, 0.15) is 0 Å². The van der Waals surface area contributed by atoms with Crippen LogP contribution in [0.4, 0.5) is 0 Å². The lowest BCUT2D eigenvalue weighted by molar-refractivity contribution is 1.18. The minimum Gasteiger partial charge on any atom is -0.308 e. The van der Waals surface area contributed by atoms with Gasteiger partial charge in [-0.1, -0.05) is 194 Å². The Morgan fingerprint density at radius 3 is 1.41 bits per heavy atom. The van der Waals surface area contributed by atoms with E-state index in [4.69, 9.17) is 9.97 Å². The van der Waals surface area contributed by atoms with E-state index in [1.807, 2.05) is 35.6 Å². The second-order valence-electron chi connectivity index (χ2n) is 17.7. The molecule has 3 nitrogen and oxygen atoms in total. The second kappa shape index (κ2) is 15.5. The summed E-state index contributed by atoms with van der Waals surface area (Å²) < 4.78 is 5.18. The quantitative estimate of drug-likeness (QED) is 0.160. The van der Waals surface area contributed by atoms with Crippen LogP contribution in [-0.2, 0) is 0 Å². The molecule has 14 rings (SSSR count). The Morgan fingerprint density at radius 1 is 0.294 bits per heavy atom. The van der Waals surface area contributed by atoms with Gasteiger partial charge in [-0.15, -0.1) is 11.3 Å². The Kier molecular flexibility index (Phi) is 8.76. The summed E-state index contributed by atoms with van der Waals surface area (Å²) in [6.45, 7) is 0. The summed E-state index contributed by atoms with van der Waals surface area (Å²) in [7, 11) is 0. The third-order valence-electron chi connectivity index (χ3n) is 13.7. The van der Waals surface area contributed by atoms with Crippen molar-refractivity contribution in [3.8, 4) is 78.4 Å². The molecule has 4 heterocycles. The first-order valence-corrected chi connectivity index (χ1v) is 23.9. The minimum absolute atomic E-state index is 0.711. The molecule has 0 bridgehead atoms. The molecule has 316 valence electrons. The molecule has 0 radical (unpaired) electrons. The molecule has 68 heavy (non-hydrogen) atoms. The Hall–Kier alpha value is -8.70. The number of thiophene rings is 1. The topological polar surface area (TPSA) is 30.2 Å². The molecule has 0 fully saturated rings. The highest BCUT2D eigenvalue weighted by atomic mass is 32.1. The number of rotatable bonds is 7. The van der Waals surface area contributed by atoms with Crippen molar-refractivity contribution in [2.24, 2.45) is 0 Å². The van der Waals surface area contributed by atoms with E-state index in [9.17, 15) is 0 Å². The number of aromatic nitrogens is 3. The fraction of sp³-hybridized carbons (Fsp3) is 0. The van der Waals surface area contributed by atoms with Crippen molar-refractivity contribution >= 4 is 69.6 Å². The van der Waals surface area contributed by atoms with E-state index in [0.29, 0.717) is 5.82 Å². The molecule has 0 unspecified atom stereocenters. The number of fused-ring (bicyclic) bond motifs is 9. The maximum atomic E-state index is 5.11. The van der Waals surface area contributed by atoms with Gasteiger partial charge in [0, 0.05) is 58.4 Å². The van der Waals surface area contributed by atoms with Gasteiger partial charge >= 0.3 is 0 Å². The monoisotopic (exact) mass is 881 g/mol. The summed E-state index contributed by atoms with van der Waals surface area (Å²) in [5.74, 6) is 0.711. The van der Waals surface area contributed by atoms with Gasteiger partial charge in [0.2, 0.25) is 0 Å². The molecule has 0 aliphatic heterocycles. The average molecular weight is 882 g/mol. The predicted molar refractivity (Wildman–Crippen MR) is 288 cm³/mol. The van der Waals surface area contributed by atoms with Crippen molar-refractivity contribution < 1.29 is 0 Å². The largest absolute Gasteiger partial charge is 0.308 e. The lowest BCUT2D eigenvalue weighted by Gasteiger charge is -2.12. The van der Waals surface area contributed by atoms with E-state index in [1.54, 1.807) is 0 Å². The first kappa shape index (κ1) is 38.6. The molecule has 0 amide bonds. The van der Waals surface area contributed by atoms with Crippen molar-refractivity contribution in [2.45, 2.75) is 0 Å². The zero-order valence-electron chi connectivity index (χ0n) is 36.8. The zero-order valence-corrected chi connectivity index (χ0v) is 37.6. The zero-order chi connectivity index (χ0) is 44.7. The van der Waals surface area contributed by atoms with Gasteiger partial charge in [-0.2, -0.15) is 0 Å². The maximum Gasteiger partial charge on any atom is 0.160 e. The van der Waals surface area contributed by atoms with Crippen molar-refractivity contribution in [2.75, 3.05) is 0 Å². The Morgan fingerprint density at radius 2 is 0.750 bits per heavy atom. The smallest absolute Gasteiger partial charge is 0.160 e. The molecule has 0 atom stereocenters. The summed E-state index contributed by atoms with van der Waals surface area (Å²) in [5, 5.41) is 7.78. The van der Waals surface area contributed by atoms with Crippen LogP contribution in [0.3, 0.4) is 0 Å². The highest BCUT2D eigenvalue weighted by molar-refractivity contribution is 7.26. The molecule has 0 aliphatic carbocycles. The maximum absolute atomic E-state index is 5.11. The first-order chi connectivity index (χ1) is 33.7. The van der Waals surface area contributed by atoms with Gasteiger partial charge in [-0.05, 0) is 87.0 Å². The Bertz CT molecular complexity index is 4200. The van der Waals surface area contributed by atoms with E-state index in [0.717, 1.165) is 39.2 Å². The Balaban J connectivity index is 0.839. The second-order valence-corrected chi connectivity index (χ2v) is 18.8. The predicted octanol–water partition coefficient (Wildman–Crippen LogP) is 17.7. The average Bonchev–Trinajstić information content (AvgIpc) is 4.08. The lowest BCUT2D eigenvalue weighted by Crippen LogP contribution is -1.96. The van der Waals surface area contributed by atoms with Crippen molar-refractivity contribution in [3.63, 3.8) is 0 Å². The van der Waals surface area contributed by atoms with Crippen LogP contribution in [0, 0.1) is 0 Å². The van der Waals surface area contributed by atoms with Gasteiger partial charge < -0.3 is 4.40 Å². The highest BCUT2D eigenvalue weighted by Gasteiger charge is 2.20. The summed E-state index contributed by atoms with van der Waals surface area (Å²) in [5.41, 5.74) is 18.2. The van der Waals surface area contributed by atoms with Crippen LogP contribution in [-0.4, -0.2) is 14.4 Å². The third-order valence-corrected chi connectivity index (χ3v) is 15.0. The molecule has 0 spiro atoms. The van der Waals surface area contributed by atoms with E-state index in [2.05, 4.69) is 217 Å². The lowest BCUT2D eigenvalue weighted by atomic mass is 9.95. The fourth-order valence-corrected chi connectivity index (χ4v) is 11.7. The van der Waals surface area contributed by atoms with Crippen molar-refractivity contribution in [3.05, 3.63) is 237 Å². The van der Waals surface area contributed by atoms with Crippen LogP contribution in [0.25, 0.3) is 137 Å². The molecule has 0 saturated heterocycles. The summed E-state index contributed by atoms with van der Waals surface area (Å²) in [6.07, 6.45) is 0. The molecule has 4 heteroatoms. The summed E-state index contributed by atoms with van der Waals surface area (Å²) in [4.78, 5) is 10.1. The standard InChI is InChI=1S/C64H39N3S/c1-3-14-40(15-4-1)57-39-58(66-64(65-57)41-16-5-2-6-17-41)49-23-11-22-46(36-49)44-20-9-18-42(34-44)43-19-10-21-45(35-43)47-30-32-51-54-26-13-27-55-52-33-31-48(38-60(52)67(62(54)55)59(51)37-47)50-25-12-28-56-53-24-7-8-29-61(53)68-63(50)56/h1-39H. The molecule has 14 aromatic rings. The number of para-hydroxylation sites is 1. The van der Waals surface area contributed by atoms with Crippen LogP contribution in [0.5, 0.6) is 0 Å². The van der Waals surface area contributed by atoms with E-state index >= 15 is 0 Å². The van der Waals surface area contributed by atoms with Gasteiger partial charge in [0.15, 0.2) is 5.82 Å². The van der Waals surface area contributed by atoms with Gasteiger partial charge in [-0.3, -0.25) is 0 Å². The SMILES string of the molecule is c1ccc(-c2cc(-c3cccc(-c4cccc(-c5cccc(-c6ccc7c8cccc9c%10ccc(-c%11cccc%12c%11sc%11ccccc%11%12)cc%10n(c7c6)c89)c5)c4)c3)nc(-c3ccccc3)n2)cc1. The third kappa shape index (κ3) is 6.26. The van der Waals surface area contributed by atoms with Crippen molar-refractivity contribution in [1.82, 2.24) is 14.4 Å². The van der Waals surface area contributed by atoms with Crippen LogP contribution in [0.2, 0.25) is 0 Å². The molecular weight excluding hydrogens is 843 g/mol. The number of nitrogens with zero attached hydrogens (tertiary/aromatic N) is 3. The highest BCUT2D eigenvalue weighted by Crippen LogP contribution is 2.44.